The lowest BCUT2D eigenvalue weighted by Crippen LogP contribution is -2.41. The predicted molar refractivity (Wildman–Crippen MR) is 112 cm³/mol. The SMILES string of the molecule is CC(C)(C)OC(=O)N=S1(=O)CCN(c2ncc(OCc3ccccc3)cn2)CC1. The quantitative estimate of drug-likeness (QED) is 0.752. The molecular weight excluding hydrogens is 392 g/mol. The summed E-state index contributed by atoms with van der Waals surface area (Å²) < 4.78 is 27.5. The molecule has 2 heterocycles. The molecule has 3 rings (SSSR count). The summed E-state index contributed by atoms with van der Waals surface area (Å²) in [4.78, 5) is 22.5. The molecule has 1 aliphatic heterocycles. The Labute approximate surface area is 171 Å². The van der Waals surface area contributed by atoms with Gasteiger partial charge in [0.15, 0.2) is 5.75 Å². The molecule has 1 fully saturated rings. The van der Waals surface area contributed by atoms with Gasteiger partial charge in [-0.25, -0.2) is 19.0 Å². The molecule has 0 spiro atoms. The van der Waals surface area contributed by atoms with Gasteiger partial charge in [-0.1, -0.05) is 30.3 Å². The monoisotopic (exact) mass is 418 g/mol. The molecule has 29 heavy (non-hydrogen) atoms. The van der Waals surface area contributed by atoms with Crippen LogP contribution in [0.15, 0.2) is 47.1 Å². The van der Waals surface area contributed by atoms with E-state index in [4.69, 9.17) is 9.47 Å². The normalized spacial score (nSPS) is 16.2. The largest absolute Gasteiger partial charge is 0.486 e. The van der Waals surface area contributed by atoms with Crippen LogP contribution < -0.4 is 9.64 Å². The molecule has 9 heteroatoms. The van der Waals surface area contributed by atoms with Gasteiger partial charge in [-0.15, -0.1) is 4.36 Å². The maximum absolute atomic E-state index is 12.8. The number of nitrogens with zero attached hydrogens (tertiary/aromatic N) is 4. The van der Waals surface area contributed by atoms with Crippen LogP contribution in [0.1, 0.15) is 26.3 Å². The van der Waals surface area contributed by atoms with Crippen molar-refractivity contribution in [1.29, 1.82) is 0 Å². The van der Waals surface area contributed by atoms with E-state index in [0.29, 0.717) is 31.4 Å². The molecule has 0 N–H and O–H groups in total. The van der Waals surface area contributed by atoms with Crippen molar-refractivity contribution in [3.8, 4) is 5.75 Å². The van der Waals surface area contributed by atoms with Crippen molar-refractivity contribution in [2.24, 2.45) is 4.36 Å². The first kappa shape index (κ1) is 21.0. The van der Waals surface area contributed by atoms with Gasteiger partial charge in [-0.3, -0.25) is 0 Å². The molecule has 0 atom stereocenters. The van der Waals surface area contributed by atoms with Crippen molar-refractivity contribution in [3.05, 3.63) is 48.3 Å². The van der Waals surface area contributed by atoms with E-state index < -0.39 is 21.4 Å². The number of aromatic nitrogens is 2. The highest BCUT2D eigenvalue weighted by Crippen LogP contribution is 2.18. The van der Waals surface area contributed by atoms with E-state index in [9.17, 15) is 9.00 Å². The van der Waals surface area contributed by atoms with Gasteiger partial charge in [0.1, 0.15) is 12.2 Å². The Hall–Kier alpha value is -2.68. The van der Waals surface area contributed by atoms with Crippen molar-refractivity contribution in [2.45, 2.75) is 33.0 Å². The van der Waals surface area contributed by atoms with Crippen LogP contribution in [0.3, 0.4) is 0 Å². The lowest BCUT2D eigenvalue weighted by atomic mass is 10.2. The van der Waals surface area contributed by atoms with Crippen LogP contribution in [0, 0.1) is 0 Å². The Morgan fingerprint density at radius 1 is 1.14 bits per heavy atom. The van der Waals surface area contributed by atoms with Crippen molar-refractivity contribution in [2.75, 3.05) is 29.5 Å². The zero-order valence-electron chi connectivity index (χ0n) is 16.9. The van der Waals surface area contributed by atoms with E-state index in [1.807, 2.05) is 35.2 Å². The summed E-state index contributed by atoms with van der Waals surface area (Å²) in [6.45, 7) is 6.60. The molecule has 0 aliphatic carbocycles. The van der Waals surface area contributed by atoms with Crippen LogP contribution in [0.4, 0.5) is 10.7 Å². The van der Waals surface area contributed by atoms with E-state index in [2.05, 4.69) is 14.3 Å². The molecule has 1 aromatic carbocycles. The molecule has 156 valence electrons. The second-order valence-electron chi connectivity index (χ2n) is 7.73. The number of benzene rings is 1. The zero-order chi connectivity index (χ0) is 20.9. The molecule has 1 amide bonds. The van der Waals surface area contributed by atoms with Gasteiger partial charge >= 0.3 is 6.09 Å². The molecule has 1 saturated heterocycles. The fourth-order valence-electron chi connectivity index (χ4n) is 2.72. The number of rotatable bonds is 4. The highest BCUT2D eigenvalue weighted by Gasteiger charge is 2.25. The summed E-state index contributed by atoms with van der Waals surface area (Å²) in [6, 6.07) is 9.86. The van der Waals surface area contributed by atoms with Crippen molar-refractivity contribution in [3.63, 3.8) is 0 Å². The van der Waals surface area contributed by atoms with Gasteiger partial charge in [0.25, 0.3) is 0 Å². The van der Waals surface area contributed by atoms with Crippen LogP contribution in [0.2, 0.25) is 0 Å². The molecule has 0 unspecified atom stereocenters. The first-order valence-corrected chi connectivity index (χ1v) is 11.3. The predicted octanol–water partition coefficient (Wildman–Crippen LogP) is 3.28. The summed E-state index contributed by atoms with van der Waals surface area (Å²) in [6.07, 6.45) is 2.48. The van der Waals surface area contributed by atoms with Gasteiger partial charge in [0.05, 0.1) is 33.6 Å². The van der Waals surface area contributed by atoms with Crippen LogP contribution in [0.5, 0.6) is 5.75 Å². The van der Waals surface area contributed by atoms with Crippen LogP contribution in [0.25, 0.3) is 0 Å². The lowest BCUT2D eigenvalue weighted by Gasteiger charge is -2.28. The number of anilines is 1. The molecule has 1 aromatic heterocycles. The minimum absolute atomic E-state index is 0.266. The number of hydrogen-bond acceptors (Lipinski definition) is 7. The lowest BCUT2D eigenvalue weighted by molar-refractivity contribution is 0.0607. The zero-order valence-corrected chi connectivity index (χ0v) is 17.7. The third-order valence-electron chi connectivity index (χ3n) is 4.14. The standard InChI is InChI=1S/C20H26N4O4S/c1-20(2,3)28-19(25)23-29(26)11-9-24(10-12-29)18-21-13-17(14-22-18)27-15-16-7-5-4-6-8-16/h4-8,13-14H,9-12,15H2,1-3H3. The molecule has 0 bridgehead atoms. The maximum atomic E-state index is 12.8. The first-order chi connectivity index (χ1) is 13.7. The Morgan fingerprint density at radius 2 is 1.76 bits per heavy atom. The summed E-state index contributed by atoms with van der Waals surface area (Å²) in [7, 11) is -2.62. The van der Waals surface area contributed by atoms with Crippen LogP contribution >= 0.6 is 0 Å². The third-order valence-corrected chi connectivity index (χ3v) is 6.26. The minimum atomic E-state index is -2.62. The number of amides is 1. The van der Waals surface area contributed by atoms with Gasteiger partial charge in [-0.2, -0.15) is 0 Å². The highest BCUT2D eigenvalue weighted by molar-refractivity contribution is 7.94. The average molecular weight is 419 g/mol. The molecule has 0 saturated carbocycles. The fraction of sp³-hybridized carbons (Fsp3) is 0.450. The highest BCUT2D eigenvalue weighted by atomic mass is 32.2. The number of carbonyl (C=O) groups is 1. The van der Waals surface area contributed by atoms with Crippen LogP contribution in [-0.4, -0.2) is 50.5 Å². The molecule has 2 aromatic rings. The summed E-state index contributed by atoms with van der Waals surface area (Å²) in [5, 5.41) is 0. The number of hydrogen-bond donors (Lipinski definition) is 0. The van der Waals surface area contributed by atoms with Gasteiger partial charge < -0.3 is 14.4 Å². The summed E-state index contributed by atoms with van der Waals surface area (Å²) in [5.74, 6) is 1.65. The Kier molecular flexibility index (Phi) is 6.36. The van der Waals surface area contributed by atoms with E-state index in [1.54, 1.807) is 33.2 Å². The van der Waals surface area contributed by atoms with E-state index in [-0.39, 0.29) is 11.5 Å². The molecule has 8 nitrogen and oxygen atoms in total. The second kappa shape index (κ2) is 8.77. The maximum Gasteiger partial charge on any atom is 0.442 e. The van der Waals surface area contributed by atoms with Crippen LogP contribution in [-0.2, 0) is 21.1 Å². The molecular formula is C20H26N4O4S. The Bertz CT molecular complexity index is 935. The Balaban J connectivity index is 1.55. The summed E-state index contributed by atoms with van der Waals surface area (Å²) >= 11 is 0. The topological polar surface area (TPSA) is 94.0 Å². The molecule has 1 aliphatic rings. The van der Waals surface area contributed by atoms with Crippen molar-refractivity contribution in [1.82, 2.24) is 9.97 Å². The first-order valence-electron chi connectivity index (χ1n) is 9.42. The number of carbonyl (C=O) groups excluding carboxylic acids is 1. The van der Waals surface area contributed by atoms with Gasteiger partial charge in [0.2, 0.25) is 5.95 Å². The summed E-state index contributed by atoms with van der Waals surface area (Å²) in [5.41, 5.74) is 0.408. The van der Waals surface area contributed by atoms with Crippen molar-refractivity contribution < 1.29 is 18.5 Å². The van der Waals surface area contributed by atoms with E-state index in [0.717, 1.165) is 5.56 Å². The number of ether oxygens (including phenoxy) is 2. The van der Waals surface area contributed by atoms with E-state index in [1.165, 1.54) is 0 Å². The third kappa shape index (κ3) is 6.42. The fourth-order valence-corrected chi connectivity index (χ4v) is 4.42. The van der Waals surface area contributed by atoms with Crippen molar-refractivity contribution >= 4 is 21.8 Å². The molecule has 0 radical (unpaired) electrons. The second-order valence-corrected chi connectivity index (χ2v) is 10.3. The smallest absolute Gasteiger partial charge is 0.442 e. The van der Waals surface area contributed by atoms with Gasteiger partial charge in [0, 0.05) is 13.1 Å². The average Bonchev–Trinajstić information content (AvgIpc) is 2.66. The van der Waals surface area contributed by atoms with E-state index >= 15 is 0 Å². The van der Waals surface area contributed by atoms with Gasteiger partial charge in [-0.05, 0) is 26.3 Å². The Morgan fingerprint density at radius 3 is 2.34 bits per heavy atom. The minimum Gasteiger partial charge on any atom is -0.486 e.